The van der Waals surface area contributed by atoms with Gasteiger partial charge in [-0.25, -0.2) is 4.39 Å². The SMILES string of the molecule is O[C@H]1CC2(CCC(C(F)(F)F)CC2)Oc2ccc(F)cc21. The molecule has 116 valence electrons. The first-order chi connectivity index (χ1) is 9.79. The van der Waals surface area contributed by atoms with Gasteiger partial charge in [-0.2, -0.15) is 13.2 Å². The molecule has 21 heavy (non-hydrogen) atoms. The van der Waals surface area contributed by atoms with Crippen LogP contribution in [-0.2, 0) is 0 Å². The Hall–Kier alpha value is -1.30. The number of benzene rings is 1. The van der Waals surface area contributed by atoms with Crippen molar-refractivity contribution in [3.63, 3.8) is 0 Å². The van der Waals surface area contributed by atoms with Crippen LogP contribution in [0, 0.1) is 11.7 Å². The molecule has 1 aromatic rings. The van der Waals surface area contributed by atoms with Crippen molar-refractivity contribution in [1.82, 2.24) is 0 Å². The van der Waals surface area contributed by atoms with Crippen LogP contribution in [0.1, 0.15) is 43.8 Å². The van der Waals surface area contributed by atoms with Crippen LogP contribution in [-0.4, -0.2) is 16.9 Å². The van der Waals surface area contributed by atoms with Crippen LogP contribution in [0.3, 0.4) is 0 Å². The maximum atomic E-state index is 13.2. The predicted octanol–water partition coefficient (Wildman–Crippen LogP) is 4.13. The fraction of sp³-hybridized carbons (Fsp3) is 0.600. The molecule has 0 unspecified atom stereocenters. The lowest BCUT2D eigenvalue weighted by atomic mass is 9.74. The number of rotatable bonds is 0. The van der Waals surface area contributed by atoms with Gasteiger partial charge in [0.15, 0.2) is 0 Å². The highest BCUT2D eigenvalue weighted by molar-refractivity contribution is 5.38. The lowest BCUT2D eigenvalue weighted by Crippen LogP contribution is -2.46. The van der Waals surface area contributed by atoms with Crippen LogP contribution in [0.4, 0.5) is 17.6 Å². The molecule has 2 nitrogen and oxygen atoms in total. The maximum absolute atomic E-state index is 13.2. The second-order valence-corrected chi connectivity index (χ2v) is 6.00. The average Bonchev–Trinajstić information content (AvgIpc) is 2.39. The van der Waals surface area contributed by atoms with Crippen LogP contribution in [0.25, 0.3) is 0 Å². The number of aliphatic hydroxyl groups excluding tert-OH is 1. The molecule has 1 fully saturated rings. The Kier molecular flexibility index (Phi) is 3.39. The maximum Gasteiger partial charge on any atom is 0.391 e. The van der Waals surface area contributed by atoms with E-state index in [-0.39, 0.29) is 32.1 Å². The standard InChI is InChI=1S/C15H16F4O2/c16-10-1-2-13-11(7-10)12(20)8-14(21-13)5-3-9(4-6-14)15(17,18)19/h1-2,7,9,12,20H,3-6,8H2/t9?,12-,14?/m0/s1. The third kappa shape index (κ3) is 2.73. The summed E-state index contributed by atoms with van der Waals surface area (Å²) in [6.45, 7) is 0. The van der Waals surface area contributed by atoms with Gasteiger partial charge in [0.05, 0.1) is 12.0 Å². The van der Waals surface area contributed by atoms with E-state index in [9.17, 15) is 22.7 Å². The summed E-state index contributed by atoms with van der Waals surface area (Å²) >= 11 is 0. The molecule has 1 aliphatic carbocycles. The van der Waals surface area contributed by atoms with Crippen molar-refractivity contribution in [2.24, 2.45) is 5.92 Å². The highest BCUT2D eigenvalue weighted by Crippen LogP contribution is 2.49. The largest absolute Gasteiger partial charge is 0.487 e. The number of ether oxygens (including phenoxy) is 1. The fourth-order valence-electron chi connectivity index (χ4n) is 3.39. The molecule has 2 aliphatic rings. The van der Waals surface area contributed by atoms with Gasteiger partial charge in [0.25, 0.3) is 0 Å². The van der Waals surface area contributed by atoms with Crippen molar-refractivity contribution >= 4 is 0 Å². The molecule has 6 heteroatoms. The quantitative estimate of drug-likeness (QED) is 0.730. The second-order valence-electron chi connectivity index (χ2n) is 6.00. The highest BCUT2D eigenvalue weighted by atomic mass is 19.4. The van der Waals surface area contributed by atoms with Gasteiger partial charge in [-0.3, -0.25) is 0 Å². The van der Waals surface area contributed by atoms with Gasteiger partial charge in [0, 0.05) is 12.0 Å². The Morgan fingerprint density at radius 1 is 1.19 bits per heavy atom. The molecule has 0 aromatic heterocycles. The first kappa shape index (κ1) is 14.6. The zero-order valence-corrected chi connectivity index (χ0v) is 11.3. The van der Waals surface area contributed by atoms with Gasteiger partial charge < -0.3 is 9.84 Å². The Morgan fingerprint density at radius 2 is 1.86 bits per heavy atom. The molecule has 1 aromatic carbocycles. The van der Waals surface area contributed by atoms with Crippen LogP contribution >= 0.6 is 0 Å². The first-order valence-electron chi connectivity index (χ1n) is 7.02. The van der Waals surface area contributed by atoms with Crippen molar-refractivity contribution in [3.05, 3.63) is 29.6 Å². The third-order valence-electron chi connectivity index (χ3n) is 4.58. The molecule has 1 spiro atoms. The molecule has 1 atom stereocenters. The molecule has 0 radical (unpaired) electrons. The molecule has 0 saturated heterocycles. The number of alkyl halides is 3. The summed E-state index contributed by atoms with van der Waals surface area (Å²) in [5.41, 5.74) is -0.384. The van der Waals surface area contributed by atoms with Crippen LogP contribution in [0.5, 0.6) is 5.75 Å². The summed E-state index contributed by atoms with van der Waals surface area (Å²) in [6.07, 6.45) is -4.33. The molecular weight excluding hydrogens is 288 g/mol. The van der Waals surface area contributed by atoms with E-state index in [0.717, 1.165) is 0 Å². The highest BCUT2D eigenvalue weighted by Gasteiger charge is 2.49. The smallest absolute Gasteiger partial charge is 0.391 e. The fourth-order valence-corrected chi connectivity index (χ4v) is 3.39. The minimum atomic E-state index is -4.17. The lowest BCUT2D eigenvalue weighted by molar-refractivity contribution is -0.193. The molecular formula is C15H16F4O2. The van der Waals surface area contributed by atoms with E-state index in [1.807, 2.05) is 0 Å². The molecule has 1 saturated carbocycles. The van der Waals surface area contributed by atoms with Gasteiger partial charge in [-0.1, -0.05) is 0 Å². The molecule has 3 rings (SSSR count). The molecule has 0 amide bonds. The van der Waals surface area contributed by atoms with E-state index >= 15 is 0 Å². The normalized spacial score (nSPS) is 32.6. The van der Waals surface area contributed by atoms with Crippen molar-refractivity contribution < 1.29 is 27.4 Å². The first-order valence-corrected chi connectivity index (χ1v) is 7.02. The average molecular weight is 304 g/mol. The van der Waals surface area contributed by atoms with E-state index < -0.39 is 29.6 Å². The third-order valence-corrected chi connectivity index (χ3v) is 4.58. The van der Waals surface area contributed by atoms with E-state index in [0.29, 0.717) is 11.3 Å². The number of hydrogen-bond donors (Lipinski definition) is 1. The molecule has 1 aliphatic heterocycles. The number of fused-ring (bicyclic) bond motifs is 1. The van der Waals surface area contributed by atoms with Crippen molar-refractivity contribution in [3.8, 4) is 5.75 Å². The Balaban J connectivity index is 1.79. The van der Waals surface area contributed by atoms with Crippen molar-refractivity contribution in [2.45, 2.75) is 50.0 Å². The summed E-state index contributed by atoms with van der Waals surface area (Å²) in [6, 6.07) is 3.88. The molecule has 0 bridgehead atoms. The van der Waals surface area contributed by atoms with E-state index in [1.165, 1.54) is 18.2 Å². The van der Waals surface area contributed by atoms with Gasteiger partial charge in [-0.15, -0.1) is 0 Å². The summed E-state index contributed by atoms with van der Waals surface area (Å²) in [5.74, 6) is -1.38. The summed E-state index contributed by atoms with van der Waals surface area (Å²) in [7, 11) is 0. The topological polar surface area (TPSA) is 29.5 Å². The monoisotopic (exact) mass is 304 g/mol. The van der Waals surface area contributed by atoms with Crippen LogP contribution in [0.15, 0.2) is 18.2 Å². The zero-order valence-electron chi connectivity index (χ0n) is 11.3. The van der Waals surface area contributed by atoms with Gasteiger partial charge in [0.1, 0.15) is 17.2 Å². The van der Waals surface area contributed by atoms with E-state index in [4.69, 9.17) is 4.74 Å². The van der Waals surface area contributed by atoms with Gasteiger partial charge in [0.2, 0.25) is 0 Å². The molecule has 1 N–H and O–H groups in total. The predicted molar refractivity (Wildman–Crippen MR) is 67.3 cm³/mol. The Bertz CT molecular complexity index is 533. The summed E-state index contributed by atoms with van der Waals surface area (Å²) in [5, 5.41) is 10.2. The van der Waals surface area contributed by atoms with Gasteiger partial charge >= 0.3 is 6.18 Å². The minimum absolute atomic E-state index is 0.00669. The zero-order chi connectivity index (χ0) is 15.3. The Morgan fingerprint density at radius 3 is 2.48 bits per heavy atom. The second kappa shape index (κ2) is 4.87. The van der Waals surface area contributed by atoms with Crippen LogP contribution in [0.2, 0.25) is 0 Å². The summed E-state index contributed by atoms with van der Waals surface area (Å²) in [4.78, 5) is 0. The Labute approximate surface area is 119 Å². The van der Waals surface area contributed by atoms with E-state index in [1.54, 1.807) is 0 Å². The number of hydrogen-bond acceptors (Lipinski definition) is 2. The van der Waals surface area contributed by atoms with E-state index in [2.05, 4.69) is 0 Å². The lowest BCUT2D eigenvalue weighted by Gasteiger charge is -2.45. The minimum Gasteiger partial charge on any atom is -0.487 e. The number of halogens is 4. The van der Waals surface area contributed by atoms with Crippen molar-refractivity contribution in [2.75, 3.05) is 0 Å². The molecule has 1 heterocycles. The van der Waals surface area contributed by atoms with Crippen molar-refractivity contribution in [1.29, 1.82) is 0 Å². The van der Waals surface area contributed by atoms with Gasteiger partial charge in [-0.05, 0) is 43.9 Å². The van der Waals surface area contributed by atoms with Crippen LogP contribution < -0.4 is 4.74 Å². The summed E-state index contributed by atoms with van der Waals surface area (Å²) < 4.78 is 57.2. The number of aliphatic hydroxyl groups is 1.